The monoisotopic (exact) mass is 379 g/mol. The summed E-state index contributed by atoms with van der Waals surface area (Å²) in [5, 5.41) is 0. The highest BCUT2D eigenvalue weighted by atomic mass is 19.4. The van der Waals surface area contributed by atoms with Crippen LogP contribution in [-0.4, -0.2) is 34.9 Å². The van der Waals surface area contributed by atoms with E-state index in [0.717, 1.165) is 17.8 Å². The molecular formula is C19H20F3N3O2. The Hall–Kier alpha value is -2.64. The van der Waals surface area contributed by atoms with Crippen LogP contribution in [0.3, 0.4) is 0 Å². The predicted octanol–water partition coefficient (Wildman–Crippen LogP) is 3.85. The average Bonchev–Trinajstić information content (AvgIpc) is 2.57. The highest BCUT2D eigenvalue weighted by molar-refractivity contribution is 5.76. The molecule has 0 bridgehead atoms. The number of ether oxygens (including phenoxy) is 1. The zero-order chi connectivity index (χ0) is 19.6. The van der Waals surface area contributed by atoms with Crippen LogP contribution in [0.5, 0.6) is 5.75 Å². The first-order valence-corrected chi connectivity index (χ1v) is 8.63. The zero-order valence-corrected chi connectivity index (χ0v) is 15.0. The van der Waals surface area contributed by atoms with Gasteiger partial charge >= 0.3 is 6.18 Å². The smallest absolute Gasteiger partial charge is 0.433 e. The zero-order valence-electron chi connectivity index (χ0n) is 15.0. The van der Waals surface area contributed by atoms with Crippen LogP contribution in [0, 0.1) is 0 Å². The average molecular weight is 379 g/mol. The van der Waals surface area contributed by atoms with Crippen molar-refractivity contribution in [2.75, 3.05) is 18.0 Å². The second-order valence-corrected chi connectivity index (χ2v) is 6.76. The summed E-state index contributed by atoms with van der Waals surface area (Å²) in [4.78, 5) is 20.3. The maximum absolute atomic E-state index is 12.7. The van der Waals surface area contributed by atoms with Crippen LogP contribution < -0.4 is 9.64 Å². The molecule has 0 N–H and O–H groups in total. The van der Waals surface area contributed by atoms with E-state index in [1.807, 2.05) is 31.2 Å². The molecule has 0 saturated carbocycles. The molecule has 0 aliphatic carbocycles. The number of carbonyl (C=O) groups is 1. The molecular weight excluding hydrogens is 359 g/mol. The summed E-state index contributed by atoms with van der Waals surface area (Å²) >= 11 is 0. The van der Waals surface area contributed by atoms with Crippen LogP contribution in [0.4, 0.5) is 19.1 Å². The quantitative estimate of drug-likeness (QED) is 0.763. The topological polar surface area (TPSA) is 55.3 Å². The van der Waals surface area contributed by atoms with Crippen molar-refractivity contribution in [2.45, 2.75) is 38.5 Å². The third-order valence-corrected chi connectivity index (χ3v) is 4.41. The van der Waals surface area contributed by atoms with Gasteiger partial charge in [-0.3, -0.25) is 0 Å². The van der Waals surface area contributed by atoms with Crippen molar-refractivity contribution in [1.82, 2.24) is 9.97 Å². The SMILES string of the molecule is CC(=O)C[C@@H](C)c1ccc(OC2CN(c3nccc(C(F)(F)F)n3)C2)cc1. The Morgan fingerprint density at radius 3 is 2.52 bits per heavy atom. The van der Waals surface area contributed by atoms with Gasteiger partial charge in [-0.05, 0) is 36.6 Å². The molecule has 2 heterocycles. The second-order valence-electron chi connectivity index (χ2n) is 6.76. The van der Waals surface area contributed by atoms with E-state index in [1.54, 1.807) is 11.8 Å². The number of benzene rings is 1. The van der Waals surface area contributed by atoms with Crippen molar-refractivity contribution >= 4 is 11.7 Å². The summed E-state index contributed by atoms with van der Waals surface area (Å²) in [5.41, 5.74) is 0.109. The molecule has 1 fully saturated rings. The van der Waals surface area contributed by atoms with Gasteiger partial charge < -0.3 is 14.4 Å². The van der Waals surface area contributed by atoms with E-state index in [2.05, 4.69) is 9.97 Å². The molecule has 1 aliphatic heterocycles. The molecule has 1 saturated heterocycles. The number of hydrogen-bond donors (Lipinski definition) is 0. The van der Waals surface area contributed by atoms with E-state index in [0.29, 0.717) is 25.3 Å². The molecule has 2 aromatic rings. The van der Waals surface area contributed by atoms with E-state index < -0.39 is 11.9 Å². The minimum absolute atomic E-state index is 0.0538. The van der Waals surface area contributed by atoms with Crippen LogP contribution in [0.25, 0.3) is 0 Å². The number of hydrogen-bond acceptors (Lipinski definition) is 5. The van der Waals surface area contributed by atoms with Crippen molar-refractivity contribution in [1.29, 1.82) is 0 Å². The second kappa shape index (κ2) is 7.54. The largest absolute Gasteiger partial charge is 0.487 e. The Morgan fingerprint density at radius 2 is 1.93 bits per heavy atom. The molecule has 8 heteroatoms. The van der Waals surface area contributed by atoms with Crippen LogP contribution in [0.15, 0.2) is 36.5 Å². The standard InChI is InChI=1S/C19H20F3N3O2/c1-12(9-13(2)26)14-3-5-15(6-4-14)27-16-10-25(11-16)18-23-8-7-17(24-18)19(20,21)22/h3-8,12,16H,9-11H2,1-2H3/t12-/m1/s1. The molecule has 0 radical (unpaired) electrons. The number of aromatic nitrogens is 2. The molecule has 5 nitrogen and oxygen atoms in total. The van der Waals surface area contributed by atoms with Crippen LogP contribution in [-0.2, 0) is 11.0 Å². The van der Waals surface area contributed by atoms with Crippen molar-refractivity contribution in [3.05, 3.63) is 47.8 Å². The van der Waals surface area contributed by atoms with Crippen molar-refractivity contribution in [3.63, 3.8) is 0 Å². The lowest BCUT2D eigenvalue weighted by Crippen LogP contribution is -2.54. The number of alkyl halides is 3. The summed E-state index contributed by atoms with van der Waals surface area (Å²) in [6, 6.07) is 8.39. The molecule has 1 aliphatic rings. The van der Waals surface area contributed by atoms with Crippen molar-refractivity contribution in [2.24, 2.45) is 0 Å². The fourth-order valence-electron chi connectivity index (χ4n) is 2.95. The molecule has 1 aromatic heterocycles. The molecule has 144 valence electrons. The Bertz CT molecular complexity index is 803. The normalized spacial score (nSPS) is 16.0. The maximum Gasteiger partial charge on any atom is 0.433 e. The van der Waals surface area contributed by atoms with Gasteiger partial charge in [0, 0.05) is 12.6 Å². The lowest BCUT2D eigenvalue weighted by Gasteiger charge is -2.39. The van der Waals surface area contributed by atoms with Gasteiger partial charge in [-0.1, -0.05) is 19.1 Å². The summed E-state index contributed by atoms with van der Waals surface area (Å²) in [7, 11) is 0. The first-order chi connectivity index (χ1) is 12.7. The van der Waals surface area contributed by atoms with E-state index >= 15 is 0 Å². The summed E-state index contributed by atoms with van der Waals surface area (Å²) in [6.45, 7) is 4.41. The molecule has 27 heavy (non-hydrogen) atoms. The molecule has 3 rings (SSSR count). The summed E-state index contributed by atoms with van der Waals surface area (Å²) in [5.74, 6) is 1.03. The van der Waals surface area contributed by atoms with Gasteiger partial charge in [-0.2, -0.15) is 13.2 Å². The molecule has 0 spiro atoms. The van der Waals surface area contributed by atoms with Gasteiger partial charge in [0.05, 0.1) is 13.1 Å². The lowest BCUT2D eigenvalue weighted by molar-refractivity contribution is -0.141. The number of rotatable bonds is 6. The Labute approximate surface area is 155 Å². The Balaban J connectivity index is 1.54. The van der Waals surface area contributed by atoms with Crippen molar-refractivity contribution < 1.29 is 22.7 Å². The number of halogens is 3. The van der Waals surface area contributed by atoms with Gasteiger partial charge in [-0.25, -0.2) is 9.97 Å². The number of carbonyl (C=O) groups excluding carboxylic acids is 1. The van der Waals surface area contributed by atoms with Gasteiger partial charge in [0.15, 0.2) is 0 Å². The molecule has 1 atom stereocenters. The fraction of sp³-hybridized carbons (Fsp3) is 0.421. The lowest BCUT2D eigenvalue weighted by atomic mass is 9.96. The first-order valence-electron chi connectivity index (χ1n) is 8.63. The number of anilines is 1. The number of Topliss-reactive ketones (excluding diaryl/α,β-unsaturated/α-hetero) is 1. The highest BCUT2D eigenvalue weighted by Crippen LogP contribution is 2.29. The summed E-state index contributed by atoms with van der Waals surface area (Å²) < 4.78 is 44.0. The van der Waals surface area contributed by atoms with Gasteiger partial charge in [0.25, 0.3) is 0 Å². The third kappa shape index (κ3) is 4.75. The van der Waals surface area contributed by atoms with Gasteiger partial charge in [0.2, 0.25) is 5.95 Å². The summed E-state index contributed by atoms with van der Waals surface area (Å²) in [6.07, 6.45) is -3.02. The molecule has 0 amide bonds. The van der Waals surface area contributed by atoms with E-state index in [9.17, 15) is 18.0 Å². The van der Waals surface area contributed by atoms with Crippen LogP contribution >= 0.6 is 0 Å². The Kier molecular flexibility index (Phi) is 5.34. The maximum atomic E-state index is 12.7. The van der Waals surface area contributed by atoms with Crippen molar-refractivity contribution in [3.8, 4) is 5.75 Å². The molecule has 0 unspecified atom stereocenters. The third-order valence-electron chi connectivity index (χ3n) is 4.41. The Morgan fingerprint density at radius 1 is 1.26 bits per heavy atom. The first kappa shape index (κ1) is 19.1. The van der Waals surface area contributed by atoms with Gasteiger partial charge in [0.1, 0.15) is 23.3 Å². The number of nitrogens with zero attached hydrogens (tertiary/aromatic N) is 3. The number of ketones is 1. The van der Waals surface area contributed by atoms with E-state index in [1.165, 1.54) is 0 Å². The van der Waals surface area contributed by atoms with Gasteiger partial charge in [-0.15, -0.1) is 0 Å². The minimum Gasteiger partial charge on any atom is -0.487 e. The van der Waals surface area contributed by atoms with Crippen LogP contribution in [0.1, 0.15) is 37.4 Å². The predicted molar refractivity (Wildman–Crippen MR) is 93.8 cm³/mol. The minimum atomic E-state index is -4.49. The highest BCUT2D eigenvalue weighted by Gasteiger charge is 2.35. The fourth-order valence-corrected chi connectivity index (χ4v) is 2.95. The van der Waals surface area contributed by atoms with E-state index in [-0.39, 0.29) is 23.8 Å². The van der Waals surface area contributed by atoms with Crippen LogP contribution in [0.2, 0.25) is 0 Å². The van der Waals surface area contributed by atoms with E-state index in [4.69, 9.17) is 4.74 Å². The molecule has 1 aromatic carbocycles.